The molecule has 2 aromatic rings. The highest BCUT2D eigenvalue weighted by Crippen LogP contribution is 2.34. The van der Waals surface area contributed by atoms with E-state index in [1.54, 1.807) is 4.90 Å². The minimum atomic E-state index is -4.27. The minimum absolute atomic E-state index is 0.101. The van der Waals surface area contributed by atoms with E-state index in [-0.39, 0.29) is 23.7 Å². The van der Waals surface area contributed by atoms with Gasteiger partial charge >= 0.3 is 6.18 Å². The number of carbonyl (C=O) groups is 1. The van der Waals surface area contributed by atoms with E-state index in [0.717, 1.165) is 11.3 Å². The molecule has 2 aliphatic heterocycles. The van der Waals surface area contributed by atoms with Gasteiger partial charge in [0.1, 0.15) is 23.1 Å². The number of aromatic nitrogens is 2. The zero-order valence-corrected chi connectivity index (χ0v) is 15.7. The summed E-state index contributed by atoms with van der Waals surface area (Å²) >= 11 is 1.02. The van der Waals surface area contributed by atoms with Crippen molar-refractivity contribution in [3.05, 3.63) is 17.3 Å². The number of alkyl halides is 4. The van der Waals surface area contributed by atoms with Crippen LogP contribution in [0.15, 0.2) is 12.4 Å². The van der Waals surface area contributed by atoms with Gasteiger partial charge in [0.2, 0.25) is 5.91 Å². The van der Waals surface area contributed by atoms with E-state index >= 15 is 0 Å². The Hall–Kier alpha value is -2.01. The molecule has 11 heteroatoms. The molecule has 0 aromatic carbocycles. The van der Waals surface area contributed by atoms with Gasteiger partial charge in [-0.15, -0.1) is 11.3 Å². The Morgan fingerprint density at radius 2 is 2.00 bits per heavy atom. The fourth-order valence-electron chi connectivity index (χ4n) is 3.67. The van der Waals surface area contributed by atoms with Crippen LogP contribution in [0.3, 0.4) is 0 Å². The van der Waals surface area contributed by atoms with E-state index < -0.39 is 24.8 Å². The normalized spacial score (nSPS) is 23.6. The van der Waals surface area contributed by atoms with Crippen LogP contribution in [-0.4, -0.2) is 71.9 Å². The number of hydrogen-bond donors (Lipinski definition) is 1. The smallest absolute Gasteiger partial charge is 0.352 e. The number of thiophene rings is 1. The molecule has 0 aliphatic carbocycles. The quantitative estimate of drug-likeness (QED) is 0.776. The van der Waals surface area contributed by atoms with Crippen LogP contribution in [0.4, 0.5) is 23.4 Å². The summed E-state index contributed by atoms with van der Waals surface area (Å²) < 4.78 is 51.4. The van der Waals surface area contributed by atoms with Gasteiger partial charge in [-0.2, -0.15) is 13.2 Å². The molecule has 4 rings (SSSR count). The molecule has 1 unspecified atom stereocenters. The minimum Gasteiger partial charge on any atom is -0.352 e. The molecule has 0 bridgehead atoms. The summed E-state index contributed by atoms with van der Waals surface area (Å²) in [5.41, 5.74) is 0. The number of carbonyl (C=O) groups excluding carboxylic acids is 1. The zero-order valence-electron chi connectivity index (χ0n) is 14.9. The van der Waals surface area contributed by atoms with Gasteiger partial charge in [-0.05, 0) is 6.07 Å². The molecular formula is C17H19F4N5OS. The van der Waals surface area contributed by atoms with Crippen molar-refractivity contribution in [1.82, 2.24) is 20.2 Å². The van der Waals surface area contributed by atoms with Crippen molar-refractivity contribution in [2.75, 3.05) is 37.6 Å². The van der Waals surface area contributed by atoms with E-state index in [1.807, 2.05) is 4.90 Å². The third kappa shape index (κ3) is 4.04. The Bertz CT molecular complexity index is 865. The molecular weight excluding hydrogens is 398 g/mol. The summed E-state index contributed by atoms with van der Waals surface area (Å²) in [6.07, 6.45) is -4.70. The fraction of sp³-hybridized carbons (Fsp3) is 0.588. The highest BCUT2D eigenvalue weighted by molar-refractivity contribution is 7.18. The number of hydrogen-bond acceptors (Lipinski definition) is 6. The van der Waals surface area contributed by atoms with Gasteiger partial charge in [0.05, 0.1) is 17.8 Å². The van der Waals surface area contributed by atoms with Crippen LogP contribution in [-0.2, 0) is 11.2 Å². The Kier molecular flexibility index (Phi) is 5.13. The van der Waals surface area contributed by atoms with Crippen LogP contribution in [0.25, 0.3) is 10.2 Å². The van der Waals surface area contributed by atoms with Crippen LogP contribution in [0.2, 0.25) is 0 Å². The van der Waals surface area contributed by atoms with Gasteiger partial charge < -0.3 is 15.1 Å². The second-order valence-corrected chi connectivity index (χ2v) is 8.14. The molecule has 1 amide bonds. The highest BCUT2D eigenvalue weighted by Gasteiger charge is 2.34. The summed E-state index contributed by atoms with van der Waals surface area (Å²) in [6, 6.07) is 1.03. The van der Waals surface area contributed by atoms with E-state index in [0.29, 0.717) is 42.2 Å². The molecule has 2 fully saturated rings. The summed E-state index contributed by atoms with van der Waals surface area (Å²) in [7, 11) is 0. The second-order valence-electron chi connectivity index (χ2n) is 7.03. The SMILES string of the molecule is O=C([C@@H]1CC(F)CN1)N1CCN(c2ncnc3sc(CC(F)(F)F)cc23)CC1. The largest absolute Gasteiger partial charge is 0.393 e. The first-order chi connectivity index (χ1) is 13.3. The maximum absolute atomic E-state index is 13.3. The lowest BCUT2D eigenvalue weighted by Crippen LogP contribution is -2.53. The number of anilines is 1. The predicted molar refractivity (Wildman–Crippen MR) is 97.3 cm³/mol. The van der Waals surface area contributed by atoms with E-state index in [4.69, 9.17) is 0 Å². The zero-order chi connectivity index (χ0) is 19.9. The molecule has 152 valence electrons. The van der Waals surface area contributed by atoms with Crippen molar-refractivity contribution in [1.29, 1.82) is 0 Å². The lowest BCUT2D eigenvalue weighted by molar-refractivity contribution is -0.133. The maximum atomic E-state index is 13.3. The summed E-state index contributed by atoms with van der Waals surface area (Å²) in [5, 5.41) is 3.50. The number of amides is 1. The van der Waals surface area contributed by atoms with Crippen molar-refractivity contribution >= 4 is 33.3 Å². The number of piperazine rings is 1. The summed E-state index contributed by atoms with van der Waals surface area (Å²) in [5.74, 6) is 0.486. The lowest BCUT2D eigenvalue weighted by atomic mass is 10.1. The fourth-order valence-corrected chi connectivity index (χ4v) is 4.69. The van der Waals surface area contributed by atoms with Crippen LogP contribution < -0.4 is 10.2 Å². The van der Waals surface area contributed by atoms with Crippen molar-refractivity contribution < 1.29 is 22.4 Å². The molecule has 0 spiro atoms. The van der Waals surface area contributed by atoms with Crippen molar-refractivity contribution in [2.45, 2.75) is 31.2 Å². The Morgan fingerprint density at radius 3 is 2.64 bits per heavy atom. The van der Waals surface area contributed by atoms with Gasteiger partial charge in [-0.1, -0.05) is 0 Å². The van der Waals surface area contributed by atoms with Gasteiger partial charge in [0.15, 0.2) is 0 Å². The molecule has 6 nitrogen and oxygen atoms in total. The standard InChI is InChI=1S/C17H19F4N5OS/c18-10-5-13(22-8-10)16(27)26-3-1-25(2-4-26)14-12-6-11(7-17(19,20)21)28-15(12)24-9-23-14/h6,9-10,13,22H,1-5,7-8H2/t10?,13-/m0/s1. The molecule has 2 saturated heterocycles. The first-order valence-corrected chi connectivity index (χ1v) is 9.83. The second kappa shape index (κ2) is 7.43. The molecule has 2 atom stereocenters. The number of halogens is 4. The summed E-state index contributed by atoms with van der Waals surface area (Å²) in [6.45, 7) is 2.13. The average Bonchev–Trinajstić information content (AvgIpc) is 3.25. The van der Waals surface area contributed by atoms with Gasteiger partial charge in [-0.3, -0.25) is 4.79 Å². The molecule has 4 heterocycles. The van der Waals surface area contributed by atoms with Crippen molar-refractivity contribution in [3.8, 4) is 0 Å². The van der Waals surface area contributed by atoms with Crippen LogP contribution in [0.5, 0.6) is 0 Å². The Balaban J connectivity index is 1.45. The molecule has 28 heavy (non-hydrogen) atoms. The molecule has 0 radical (unpaired) electrons. The number of nitrogens with zero attached hydrogens (tertiary/aromatic N) is 4. The predicted octanol–water partition coefficient (Wildman–Crippen LogP) is 2.14. The van der Waals surface area contributed by atoms with E-state index in [9.17, 15) is 22.4 Å². The van der Waals surface area contributed by atoms with Gasteiger partial charge in [-0.25, -0.2) is 14.4 Å². The number of fused-ring (bicyclic) bond motifs is 1. The monoisotopic (exact) mass is 417 g/mol. The topological polar surface area (TPSA) is 61.4 Å². The third-order valence-electron chi connectivity index (χ3n) is 5.00. The molecule has 1 N–H and O–H groups in total. The van der Waals surface area contributed by atoms with Gasteiger partial charge in [0, 0.05) is 44.0 Å². The summed E-state index contributed by atoms with van der Waals surface area (Å²) in [4.78, 5) is 25.2. The van der Waals surface area contributed by atoms with Crippen LogP contribution >= 0.6 is 11.3 Å². The molecule has 0 saturated carbocycles. The average molecular weight is 417 g/mol. The van der Waals surface area contributed by atoms with E-state index in [1.165, 1.54) is 12.4 Å². The molecule has 2 aromatic heterocycles. The Labute approximate surface area is 162 Å². The highest BCUT2D eigenvalue weighted by atomic mass is 32.1. The molecule has 2 aliphatic rings. The Morgan fingerprint density at radius 1 is 1.25 bits per heavy atom. The lowest BCUT2D eigenvalue weighted by Gasteiger charge is -2.36. The van der Waals surface area contributed by atoms with E-state index in [2.05, 4.69) is 15.3 Å². The first-order valence-electron chi connectivity index (χ1n) is 9.01. The number of nitrogens with one attached hydrogen (secondary N) is 1. The van der Waals surface area contributed by atoms with Crippen LogP contribution in [0.1, 0.15) is 11.3 Å². The van der Waals surface area contributed by atoms with Gasteiger partial charge in [0.25, 0.3) is 0 Å². The van der Waals surface area contributed by atoms with Crippen LogP contribution in [0, 0.1) is 0 Å². The first kappa shape index (κ1) is 19.3. The number of rotatable bonds is 3. The van der Waals surface area contributed by atoms with Crippen molar-refractivity contribution in [2.24, 2.45) is 0 Å². The maximum Gasteiger partial charge on any atom is 0.393 e. The van der Waals surface area contributed by atoms with Crippen molar-refractivity contribution in [3.63, 3.8) is 0 Å². The third-order valence-corrected chi connectivity index (χ3v) is 6.04.